The van der Waals surface area contributed by atoms with Crippen LogP contribution in [0, 0.1) is 13.1 Å². The molecule has 0 aliphatic rings. The summed E-state index contributed by atoms with van der Waals surface area (Å²) < 4.78 is 0. The van der Waals surface area contributed by atoms with Gasteiger partial charge in [-0.05, 0) is 0 Å². The first-order valence-electron chi connectivity index (χ1n) is 3.71. The van der Waals surface area contributed by atoms with E-state index in [4.69, 9.17) is 0 Å². The zero-order valence-corrected chi connectivity index (χ0v) is 15.6. The Morgan fingerprint density at radius 1 is 0.636 bits per heavy atom. The second kappa shape index (κ2) is 7.41. The predicted molar refractivity (Wildman–Crippen MR) is 63.2 cm³/mol. The van der Waals surface area contributed by atoms with Gasteiger partial charge in [-0.1, -0.05) is 39.3 Å². The normalized spacial score (nSPS) is 10.9. The van der Waals surface area contributed by atoms with Crippen LogP contribution in [0.25, 0.3) is 0 Å². The average molecular weight is 312 g/mol. The van der Waals surface area contributed by atoms with E-state index in [0.29, 0.717) is 0 Å². The monoisotopic (exact) mass is 312 g/mol. The third-order valence-corrected chi connectivity index (χ3v) is 0. The van der Waals surface area contributed by atoms with Crippen LogP contribution in [0.1, 0.15) is 0 Å². The van der Waals surface area contributed by atoms with Crippen LogP contribution in [0.4, 0.5) is 0 Å². The molecule has 0 N–H and O–H groups in total. The van der Waals surface area contributed by atoms with E-state index in [1.807, 2.05) is 0 Å². The smallest absolute Gasteiger partial charge is 0.342 e. The van der Waals surface area contributed by atoms with E-state index in [9.17, 15) is 0 Å². The first-order valence-corrected chi connectivity index (χ1v) is 11.1. The van der Waals surface area contributed by atoms with Crippen LogP contribution in [0.2, 0.25) is 39.3 Å². The largest absolute Gasteiger partial charge is 2.00 e. The fraction of sp³-hybridized carbons (Fsp3) is 0.750. The summed E-state index contributed by atoms with van der Waals surface area (Å²) in [6.45, 7) is 21.1. The predicted octanol–water partition coefficient (Wildman–Crippen LogP) is 3.01. The molecule has 0 aromatic rings. The summed E-state index contributed by atoms with van der Waals surface area (Å²) in [6, 6.07) is 0. The van der Waals surface area contributed by atoms with Gasteiger partial charge in [0.1, 0.15) is 0 Å². The molecule has 0 radical (unpaired) electrons. The van der Waals surface area contributed by atoms with Gasteiger partial charge in [-0.2, -0.15) is 0 Å². The molecule has 0 unspecified atom stereocenters. The minimum Gasteiger partial charge on any atom is -0.342 e. The molecule has 0 aliphatic heterocycles. The van der Waals surface area contributed by atoms with Crippen molar-refractivity contribution in [3.63, 3.8) is 0 Å². The summed E-state index contributed by atoms with van der Waals surface area (Å²) in [5, 5.41) is 0. The van der Waals surface area contributed by atoms with Crippen molar-refractivity contribution in [1.29, 1.82) is 0 Å². The summed E-state index contributed by atoms with van der Waals surface area (Å²) in [4.78, 5) is 0. The van der Waals surface area contributed by atoms with Crippen molar-refractivity contribution in [2.75, 3.05) is 0 Å². The van der Waals surface area contributed by atoms with Crippen LogP contribution in [-0.4, -0.2) is 65.0 Å². The fourth-order valence-corrected chi connectivity index (χ4v) is 0. The third kappa shape index (κ3) is 299. The topological polar surface area (TPSA) is 0 Å². The first kappa shape index (κ1) is 18.7. The van der Waals surface area contributed by atoms with Crippen LogP contribution in [0.3, 0.4) is 0 Å². The molecule has 0 nitrogen and oxygen atoms in total. The summed E-state index contributed by atoms with van der Waals surface area (Å²) in [6.07, 6.45) is 0. The Balaban J connectivity index is -0.000000107. The molecule has 0 rings (SSSR count). The summed E-state index contributed by atoms with van der Waals surface area (Å²) >= 11 is 0. The van der Waals surface area contributed by atoms with Gasteiger partial charge in [0.25, 0.3) is 0 Å². The number of hydrogen-bond acceptors (Lipinski definition) is 0. The van der Waals surface area contributed by atoms with E-state index >= 15 is 0 Å². The summed E-state index contributed by atoms with van der Waals surface area (Å²) in [5.74, 6) is 0. The molecule has 64 valence electrons. The molecule has 0 aliphatic carbocycles. The Hall–Kier alpha value is 2.01. The Morgan fingerprint density at radius 2 is 0.636 bits per heavy atom. The molecule has 0 saturated heterocycles. The zero-order chi connectivity index (χ0) is 9.00. The SMILES string of the molecule is [Ba+2].[CH2-][Si](C)(C)C.[CH2-][Si](C)(C)C. The molecule has 0 heterocycles. The quantitative estimate of drug-likeness (QED) is 0.476. The van der Waals surface area contributed by atoms with Gasteiger partial charge in [-0.25, -0.2) is 0 Å². The molecule has 0 spiro atoms. The van der Waals surface area contributed by atoms with Crippen molar-refractivity contribution < 1.29 is 0 Å². The van der Waals surface area contributed by atoms with E-state index < -0.39 is 16.1 Å². The minimum absolute atomic E-state index is 0. The fourth-order valence-electron chi connectivity index (χ4n) is 0. The van der Waals surface area contributed by atoms with Gasteiger partial charge in [0.05, 0.1) is 0 Å². The van der Waals surface area contributed by atoms with Crippen LogP contribution in [0.5, 0.6) is 0 Å². The maximum atomic E-state index is 3.91. The standard InChI is InChI=1S/2C4H11Si.Ba/c2*1-5(2,3)4;/h2*1H2,2-4H3;/q2*-1;+2. The van der Waals surface area contributed by atoms with E-state index in [0.717, 1.165) is 0 Å². The van der Waals surface area contributed by atoms with Gasteiger partial charge in [0.2, 0.25) is 0 Å². The Kier molecular flexibility index (Phi) is 12.6. The molecule has 0 atom stereocenters. The molecule has 0 saturated carbocycles. The Bertz CT molecular complexity index is 55.1. The van der Waals surface area contributed by atoms with Crippen LogP contribution >= 0.6 is 0 Å². The van der Waals surface area contributed by atoms with Gasteiger partial charge in [-0.15, -0.1) is 16.1 Å². The third-order valence-electron chi connectivity index (χ3n) is 0. The second-order valence-electron chi connectivity index (χ2n) is 5.12. The van der Waals surface area contributed by atoms with E-state index in [1.165, 1.54) is 0 Å². The van der Waals surface area contributed by atoms with Crippen LogP contribution in [-0.2, 0) is 0 Å². The average Bonchev–Trinajstić information content (AvgIpc) is 1.12. The summed E-state index contributed by atoms with van der Waals surface area (Å²) in [7, 11) is -1.72. The van der Waals surface area contributed by atoms with E-state index in [1.54, 1.807) is 0 Å². The Labute approximate surface area is 116 Å². The zero-order valence-electron chi connectivity index (χ0n) is 9.12. The molecule has 0 fully saturated rings. The molecule has 0 aromatic carbocycles. The van der Waals surface area contributed by atoms with Crippen molar-refractivity contribution >= 4 is 65.0 Å². The molecule has 0 amide bonds. The Morgan fingerprint density at radius 3 is 0.636 bits per heavy atom. The van der Waals surface area contributed by atoms with Gasteiger partial charge in [0, 0.05) is 0 Å². The second-order valence-corrected chi connectivity index (χ2v) is 15.4. The van der Waals surface area contributed by atoms with Crippen molar-refractivity contribution in [3.8, 4) is 0 Å². The molecular formula is C8H22BaSi2. The van der Waals surface area contributed by atoms with Gasteiger partial charge in [-0.3, -0.25) is 0 Å². The molecular weight excluding hydrogens is 290 g/mol. The van der Waals surface area contributed by atoms with Crippen molar-refractivity contribution in [3.05, 3.63) is 13.1 Å². The maximum absolute atomic E-state index is 3.91. The van der Waals surface area contributed by atoms with Crippen molar-refractivity contribution in [1.82, 2.24) is 0 Å². The summed E-state index contributed by atoms with van der Waals surface area (Å²) in [5.41, 5.74) is 0. The van der Waals surface area contributed by atoms with Gasteiger partial charge >= 0.3 is 48.9 Å². The first-order chi connectivity index (χ1) is 4.00. The van der Waals surface area contributed by atoms with Crippen LogP contribution in [0.15, 0.2) is 0 Å². The van der Waals surface area contributed by atoms with Crippen molar-refractivity contribution in [2.24, 2.45) is 0 Å². The van der Waals surface area contributed by atoms with E-state index in [2.05, 4.69) is 52.4 Å². The molecule has 3 heteroatoms. The minimum atomic E-state index is -0.861. The number of rotatable bonds is 0. The van der Waals surface area contributed by atoms with Crippen LogP contribution < -0.4 is 0 Å². The number of hydrogen-bond donors (Lipinski definition) is 0. The van der Waals surface area contributed by atoms with Gasteiger partial charge in [0.15, 0.2) is 0 Å². The van der Waals surface area contributed by atoms with E-state index in [-0.39, 0.29) is 48.9 Å². The molecule has 0 bridgehead atoms. The maximum Gasteiger partial charge on any atom is 2.00 e. The molecule has 0 aromatic heterocycles. The van der Waals surface area contributed by atoms with Gasteiger partial charge < -0.3 is 13.1 Å². The van der Waals surface area contributed by atoms with Crippen molar-refractivity contribution in [2.45, 2.75) is 39.3 Å². The molecule has 11 heavy (non-hydrogen) atoms.